The van der Waals surface area contributed by atoms with E-state index < -0.39 is 0 Å². The number of morpholine rings is 1. The van der Waals surface area contributed by atoms with Crippen molar-refractivity contribution in [2.45, 2.75) is 70.7 Å². The van der Waals surface area contributed by atoms with Crippen LogP contribution in [0, 0.1) is 5.92 Å². The van der Waals surface area contributed by atoms with Gasteiger partial charge in [0.2, 0.25) is 5.95 Å². The number of aromatic nitrogens is 4. The standard InChI is InChI=1S/C25H35N7O2S/c1-16(2)12-20-15-32(10-11-34-20)14-18-13-22(31-25-29-21-4-3-9-26-23(21)35-25)30-24(28-18)27-17-5-7-19(33)8-6-17/h3-4,9,13,16-17,19-20,33H,5-8,10-12,14-15H2,1-2H3,(H2,27,28,29,30,31)/t17-,19-,20?. The van der Waals surface area contributed by atoms with Gasteiger partial charge in [0, 0.05) is 37.9 Å². The van der Waals surface area contributed by atoms with Crippen LogP contribution in [0.15, 0.2) is 24.4 Å². The third-order valence-corrected chi connectivity index (χ3v) is 7.45. The Morgan fingerprint density at radius 1 is 1.20 bits per heavy atom. The maximum atomic E-state index is 9.87. The first-order chi connectivity index (χ1) is 17.0. The molecule has 2 fully saturated rings. The first kappa shape index (κ1) is 24.3. The molecule has 10 heteroatoms. The van der Waals surface area contributed by atoms with Gasteiger partial charge in [0.25, 0.3) is 0 Å². The normalized spacial score (nSPS) is 23.6. The zero-order chi connectivity index (χ0) is 24.2. The Morgan fingerprint density at radius 3 is 2.86 bits per heavy atom. The number of thiazole rings is 1. The minimum Gasteiger partial charge on any atom is -0.393 e. The fourth-order valence-corrected chi connectivity index (χ4v) is 5.68. The summed E-state index contributed by atoms with van der Waals surface area (Å²) < 4.78 is 5.99. The first-order valence-corrected chi connectivity index (χ1v) is 13.5. The van der Waals surface area contributed by atoms with E-state index >= 15 is 0 Å². The smallest absolute Gasteiger partial charge is 0.225 e. The summed E-state index contributed by atoms with van der Waals surface area (Å²) in [5, 5.41) is 17.5. The molecule has 3 aromatic heterocycles. The van der Waals surface area contributed by atoms with Crippen LogP contribution >= 0.6 is 11.3 Å². The third-order valence-electron chi connectivity index (χ3n) is 6.55. The summed E-state index contributed by atoms with van der Waals surface area (Å²) in [5.41, 5.74) is 1.84. The average Bonchev–Trinajstić information content (AvgIpc) is 3.22. The van der Waals surface area contributed by atoms with Crippen molar-refractivity contribution < 1.29 is 9.84 Å². The molecule has 4 heterocycles. The lowest BCUT2D eigenvalue weighted by atomic mass is 9.93. The number of fused-ring (bicyclic) bond motifs is 1. The van der Waals surface area contributed by atoms with Crippen LogP contribution < -0.4 is 10.6 Å². The van der Waals surface area contributed by atoms with Gasteiger partial charge in [-0.3, -0.25) is 4.90 Å². The Morgan fingerprint density at radius 2 is 2.06 bits per heavy atom. The van der Waals surface area contributed by atoms with Gasteiger partial charge in [-0.1, -0.05) is 25.2 Å². The number of nitrogens with one attached hydrogen (secondary N) is 2. The van der Waals surface area contributed by atoms with Crippen LogP contribution in [0.3, 0.4) is 0 Å². The molecule has 1 saturated heterocycles. The van der Waals surface area contributed by atoms with Crippen molar-refractivity contribution >= 4 is 38.6 Å². The maximum absolute atomic E-state index is 9.87. The molecular weight excluding hydrogens is 462 g/mol. The van der Waals surface area contributed by atoms with Gasteiger partial charge in [0.1, 0.15) is 16.2 Å². The molecule has 0 radical (unpaired) electrons. The Labute approximate surface area is 210 Å². The Bertz CT molecular complexity index is 1080. The molecular formula is C25H35N7O2S. The van der Waals surface area contributed by atoms with Gasteiger partial charge < -0.3 is 20.5 Å². The number of anilines is 3. The number of ether oxygens (including phenoxy) is 1. The molecule has 0 bridgehead atoms. The van der Waals surface area contributed by atoms with E-state index in [9.17, 15) is 5.11 Å². The minimum atomic E-state index is -0.190. The Balaban J connectivity index is 1.34. The van der Waals surface area contributed by atoms with Crippen molar-refractivity contribution in [1.82, 2.24) is 24.8 Å². The van der Waals surface area contributed by atoms with E-state index in [0.717, 1.165) is 85.3 Å². The molecule has 2 aliphatic rings. The zero-order valence-electron chi connectivity index (χ0n) is 20.5. The summed E-state index contributed by atoms with van der Waals surface area (Å²) in [6.07, 6.45) is 6.39. The van der Waals surface area contributed by atoms with Crippen molar-refractivity contribution in [1.29, 1.82) is 0 Å². The minimum absolute atomic E-state index is 0.190. The van der Waals surface area contributed by atoms with E-state index in [0.29, 0.717) is 11.9 Å². The molecule has 188 valence electrons. The topological polar surface area (TPSA) is 108 Å². The number of hydrogen-bond donors (Lipinski definition) is 3. The number of aliphatic hydroxyl groups excluding tert-OH is 1. The van der Waals surface area contributed by atoms with Crippen LogP contribution in [-0.2, 0) is 11.3 Å². The van der Waals surface area contributed by atoms with Crippen LogP contribution in [0.1, 0.15) is 51.6 Å². The molecule has 3 N–H and O–H groups in total. The third kappa shape index (κ3) is 6.63. The van der Waals surface area contributed by atoms with Gasteiger partial charge in [-0.15, -0.1) is 0 Å². The highest BCUT2D eigenvalue weighted by Crippen LogP contribution is 2.28. The zero-order valence-corrected chi connectivity index (χ0v) is 21.3. The largest absolute Gasteiger partial charge is 0.393 e. The van der Waals surface area contributed by atoms with Crippen LogP contribution in [0.25, 0.3) is 10.3 Å². The number of nitrogens with zero attached hydrogens (tertiary/aromatic N) is 5. The molecule has 1 saturated carbocycles. The first-order valence-electron chi connectivity index (χ1n) is 12.7. The van der Waals surface area contributed by atoms with E-state index in [-0.39, 0.29) is 18.2 Å². The number of pyridine rings is 1. The van der Waals surface area contributed by atoms with Crippen molar-refractivity contribution in [3.05, 3.63) is 30.1 Å². The van der Waals surface area contributed by atoms with Crippen LogP contribution in [0.5, 0.6) is 0 Å². The quantitative estimate of drug-likeness (QED) is 0.422. The van der Waals surface area contributed by atoms with Crippen LogP contribution in [0.2, 0.25) is 0 Å². The summed E-state index contributed by atoms with van der Waals surface area (Å²) in [6.45, 7) is 7.79. The average molecular weight is 498 g/mol. The van der Waals surface area contributed by atoms with Gasteiger partial charge >= 0.3 is 0 Å². The monoisotopic (exact) mass is 497 g/mol. The highest BCUT2D eigenvalue weighted by atomic mass is 32.1. The van der Waals surface area contributed by atoms with E-state index in [1.165, 1.54) is 11.3 Å². The second-order valence-electron chi connectivity index (χ2n) is 10.0. The second kappa shape index (κ2) is 11.1. The summed E-state index contributed by atoms with van der Waals surface area (Å²) in [7, 11) is 0. The summed E-state index contributed by atoms with van der Waals surface area (Å²) in [6, 6.07) is 6.15. The molecule has 3 aromatic rings. The van der Waals surface area contributed by atoms with Gasteiger partial charge in [-0.25, -0.2) is 15.0 Å². The lowest BCUT2D eigenvalue weighted by Gasteiger charge is -2.33. The molecule has 35 heavy (non-hydrogen) atoms. The molecule has 5 rings (SSSR count). The molecule has 1 unspecified atom stereocenters. The fourth-order valence-electron chi connectivity index (χ4n) is 4.86. The predicted octanol–water partition coefficient (Wildman–Crippen LogP) is 4.19. The molecule has 0 amide bonds. The van der Waals surface area contributed by atoms with Crippen LogP contribution in [-0.4, -0.2) is 67.9 Å². The second-order valence-corrected chi connectivity index (χ2v) is 11.0. The Kier molecular flexibility index (Phi) is 7.72. The molecule has 1 atom stereocenters. The number of aliphatic hydroxyl groups is 1. The lowest BCUT2D eigenvalue weighted by molar-refractivity contribution is -0.0403. The van der Waals surface area contributed by atoms with E-state index in [1.807, 2.05) is 18.2 Å². The summed E-state index contributed by atoms with van der Waals surface area (Å²) in [4.78, 5) is 22.0. The van der Waals surface area contributed by atoms with Gasteiger partial charge in [-0.05, 0) is 50.2 Å². The van der Waals surface area contributed by atoms with Gasteiger partial charge in [0.05, 0.1) is 24.5 Å². The molecule has 1 aliphatic carbocycles. The maximum Gasteiger partial charge on any atom is 0.225 e. The summed E-state index contributed by atoms with van der Waals surface area (Å²) in [5.74, 6) is 1.96. The number of rotatable bonds is 8. The van der Waals surface area contributed by atoms with E-state index in [4.69, 9.17) is 14.7 Å². The number of hydrogen-bond acceptors (Lipinski definition) is 10. The molecule has 9 nitrogen and oxygen atoms in total. The predicted molar refractivity (Wildman–Crippen MR) is 139 cm³/mol. The van der Waals surface area contributed by atoms with E-state index in [1.54, 1.807) is 6.20 Å². The molecule has 0 aromatic carbocycles. The van der Waals surface area contributed by atoms with Crippen molar-refractivity contribution in [2.24, 2.45) is 5.92 Å². The summed E-state index contributed by atoms with van der Waals surface area (Å²) >= 11 is 1.51. The highest BCUT2D eigenvalue weighted by molar-refractivity contribution is 7.21. The molecule has 1 aliphatic heterocycles. The van der Waals surface area contributed by atoms with Crippen molar-refractivity contribution in [3.63, 3.8) is 0 Å². The van der Waals surface area contributed by atoms with Crippen molar-refractivity contribution in [3.8, 4) is 0 Å². The van der Waals surface area contributed by atoms with Gasteiger partial charge in [-0.2, -0.15) is 4.98 Å². The SMILES string of the molecule is CC(C)CC1CN(Cc2cc(Nc3nc4cccnc4s3)nc(N[C@H]3CC[C@H](O)CC3)n2)CCO1. The fraction of sp³-hybridized carbons (Fsp3) is 0.600. The Hall–Kier alpha value is -2.40. The van der Waals surface area contributed by atoms with Gasteiger partial charge in [0.15, 0.2) is 5.13 Å². The lowest BCUT2D eigenvalue weighted by Crippen LogP contribution is -2.42. The van der Waals surface area contributed by atoms with E-state index in [2.05, 4.69) is 39.3 Å². The molecule has 0 spiro atoms. The highest BCUT2D eigenvalue weighted by Gasteiger charge is 2.23. The van der Waals surface area contributed by atoms with Crippen LogP contribution in [0.4, 0.5) is 16.9 Å². The van der Waals surface area contributed by atoms with Crippen molar-refractivity contribution in [2.75, 3.05) is 30.3 Å².